The van der Waals surface area contributed by atoms with E-state index in [0.717, 1.165) is 18.2 Å². The zero-order chi connectivity index (χ0) is 26.3. The molecule has 190 valence electrons. The first-order valence-corrected chi connectivity index (χ1v) is 11.1. The fraction of sp³-hybridized carbons (Fsp3) is 0.207. The van der Waals surface area contributed by atoms with Crippen molar-refractivity contribution >= 4 is 5.69 Å². The number of nitrogens with zero attached hydrogens (tertiary/aromatic N) is 3. The van der Waals surface area contributed by atoms with Gasteiger partial charge in [0.15, 0.2) is 5.69 Å². The Morgan fingerprint density at radius 2 is 1.38 bits per heavy atom. The van der Waals surface area contributed by atoms with Gasteiger partial charge in [0.25, 0.3) is 0 Å². The van der Waals surface area contributed by atoms with Crippen LogP contribution < -0.4 is 0 Å². The second-order valence-corrected chi connectivity index (χ2v) is 9.39. The van der Waals surface area contributed by atoms with Crippen molar-refractivity contribution in [3.05, 3.63) is 124 Å². The molecule has 0 aliphatic carbocycles. The van der Waals surface area contributed by atoms with Crippen LogP contribution in [0.3, 0.4) is 0 Å². The van der Waals surface area contributed by atoms with E-state index in [-0.39, 0.29) is 37.9 Å². The average Bonchev–Trinajstić information content (AvgIpc) is 2.84. The maximum atomic E-state index is 14.8. The normalized spacial score (nSPS) is 11.5. The van der Waals surface area contributed by atoms with Crippen molar-refractivity contribution in [3.8, 4) is 11.3 Å². The minimum atomic E-state index is -1.02. The van der Waals surface area contributed by atoms with Crippen molar-refractivity contribution in [3.63, 3.8) is 0 Å². The van der Waals surface area contributed by atoms with E-state index < -0.39 is 39.8 Å². The summed E-state index contributed by atoms with van der Waals surface area (Å²) in [6, 6.07) is 18.4. The van der Waals surface area contributed by atoms with Crippen molar-refractivity contribution < 1.29 is 38.6 Å². The van der Waals surface area contributed by atoms with Crippen molar-refractivity contribution in [1.82, 2.24) is 9.97 Å². The average molecular weight is 683 g/mol. The number of hydrogen-bond donors (Lipinski definition) is 0. The third kappa shape index (κ3) is 5.22. The van der Waals surface area contributed by atoms with E-state index >= 15 is 0 Å². The molecular formula is C29H21F4N3Pt. The minimum absolute atomic E-state index is 0. The van der Waals surface area contributed by atoms with E-state index in [2.05, 4.69) is 22.0 Å². The van der Waals surface area contributed by atoms with E-state index in [4.69, 9.17) is 11.6 Å². The predicted octanol–water partition coefficient (Wildman–Crippen LogP) is 7.50. The number of benzene rings is 2. The topological polar surface area (TPSA) is 30.1 Å². The second kappa shape index (κ2) is 10.6. The number of pyridine rings is 2. The molecule has 0 spiro atoms. The largest absolute Gasteiger partial charge is 2.00 e. The van der Waals surface area contributed by atoms with Crippen LogP contribution in [-0.4, -0.2) is 9.97 Å². The summed E-state index contributed by atoms with van der Waals surface area (Å²) in [6.07, 6.45) is 0. The Balaban J connectivity index is 0.00000380. The third-order valence-electron chi connectivity index (χ3n) is 6.27. The molecule has 0 saturated heterocycles. The number of rotatable bonds is 5. The Labute approximate surface area is 227 Å². The maximum Gasteiger partial charge on any atom is 2.00 e. The standard InChI is InChI=1S/C29H21F4N3.Pt/c1-28(2,19-14-12-17(30)16-21(19)32)23-10-7-11-25(36-23)29(3,4)24-9-6-8-22(35-24)18-13-15-20(31)27(34-5)26(18)33;/h6-12,15-16H,1-4H3;/q-2;+2. The van der Waals surface area contributed by atoms with Gasteiger partial charge in [-0.25, -0.2) is 0 Å². The monoisotopic (exact) mass is 682 g/mol. The van der Waals surface area contributed by atoms with Crippen LogP contribution in [0.2, 0.25) is 0 Å². The van der Waals surface area contributed by atoms with E-state index in [9.17, 15) is 17.6 Å². The Kier molecular flexibility index (Phi) is 8.05. The minimum Gasteiger partial charge on any atom is -0.300 e. The molecule has 8 heteroatoms. The fourth-order valence-corrected chi connectivity index (χ4v) is 4.02. The summed E-state index contributed by atoms with van der Waals surface area (Å²) in [4.78, 5) is 12.3. The molecule has 2 heterocycles. The van der Waals surface area contributed by atoms with Crippen molar-refractivity contribution in [2.24, 2.45) is 0 Å². The Morgan fingerprint density at radius 1 is 0.784 bits per heavy atom. The van der Waals surface area contributed by atoms with Crippen LogP contribution in [0.1, 0.15) is 50.3 Å². The maximum absolute atomic E-state index is 14.8. The molecular weight excluding hydrogens is 661 g/mol. The molecule has 4 aromatic rings. The molecule has 0 aliphatic heterocycles. The molecule has 3 nitrogen and oxygen atoms in total. The first kappa shape index (κ1) is 28.2. The van der Waals surface area contributed by atoms with Crippen LogP contribution in [0, 0.1) is 42.0 Å². The Hall–Kier alpha value is -3.36. The van der Waals surface area contributed by atoms with Gasteiger partial charge in [-0.05, 0) is 37.7 Å². The van der Waals surface area contributed by atoms with Crippen molar-refractivity contribution in [1.29, 1.82) is 0 Å². The molecule has 2 aromatic heterocycles. The first-order valence-electron chi connectivity index (χ1n) is 11.1. The number of hydrogen-bond acceptors (Lipinski definition) is 2. The summed E-state index contributed by atoms with van der Waals surface area (Å²) in [5.41, 5.74) is -0.415. The molecule has 4 rings (SSSR count). The van der Waals surface area contributed by atoms with Crippen molar-refractivity contribution in [2.45, 2.75) is 38.5 Å². The summed E-state index contributed by atoms with van der Waals surface area (Å²) in [7, 11) is 0. The molecule has 0 unspecified atom stereocenters. The third-order valence-corrected chi connectivity index (χ3v) is 6.27. The van der Waals surface area contributed by atoms with Crippen LogP contribution in [-0.2, 0) is 31.9 Å². The van der Waals surface area contributed by atoms with Gasteiger partial charge < -0.3 is 4.98 Å². The molecule has 2 aromatic carbocycles. The van der Waals surface area contributed by atoms with Gasteiger partial charge in [-0.3, -0.25) is 27.4 Å². The Morgan fingerprint density at radius 3 is 2.00 bits per heavy atom. The zero-order valence-electron chi connectivity index (χ0n) is 20.4. The summed E-state index contributed by atoms with van der Waals surface area (Å²) in [5.74, 6) is -3.43. The molecule has 0 amide bonds. The van der Waals surface area contributed by atoms with Crippen LogP contribution in [0.15, 0.2) is 54.6 Å². The van der Waals surface area contributed by atoms with Crippen LogP contribution in [0.25, 0.3) is 16.1 Å². The smallest absolute Gasteiger partial charge is 0.300 e. The Bertz CT molecular complexity index is 1510. The molecule has 0 bridgehead atoms. The molecule has 0 aliphatic rings. The van der Waals surface area contributed by atoms with Crippen LogP contribution >= 0.6 is 0 Å². The van der Waals surface area contributed by atoms with E-state index in [1.165, 1.54) is 0 Å². The van der Waals surface area contributed by atoms with Crippen LogP contribution in [0.5, 0.6) is 0 Å². The molecule has 0 N–H and O–H groups in total. The fourth-order valence-electron chi connectivity index (χ4n) is 4.02. The van der Waals surface area contributed by atoms with E-state index in [1.54, 1.807) is 50.2 Å². The van der Waals surface area contributed by atoms with Gasteiger partial charge in [0.1, 0.15) is 0 Å². The van der Waals surface area contributed by atoms with E-state index in [0.29, 0.717) is 17.1 Å². The predicted molar refractivity (Wildman–Crippen MR) is 128 cm³/mol. The SMILES string of the molecule is [C-]#[N+]c1c(F)c[c-]c(-c2cccc(C(C)(C)c3cccc(C(C)(C)c4[c-]cc(F)cc4F)n3)n2)c1F.[Pt+2]. The molecule has 0 atom stereocenters. The van der Waals surface area contributed by atoms with Gasteiger partial charge in [-0.1, -0.05) is 32.0 Å². The molecule has 0 fully saturated rings. The summed E-state index contributed by atoms with van der Waals surface area (Å²) < 4.78 is 56.6. The molecule has 37 heavy (non-hydrogen) atoms. The molecule has 0 saturated carbocycles. The van der Waals surface area contributed by atoms with Gasteiger partial charge in [-0.15, -0.1) is 35.4 Å². The summed E-state index contributed by atoms with van der Waals surface area (Å²) >= 11 is 0. The number of aromatic nitrogens is 2. The van der Waals surface area contributed by atoms with Crippen LogP contribution in [0.4, 0.5) is 23.2 Å². The van der Waals surface area contributed by atoms with Gasteiger partial charge in [0.2, 0.25) is 0 Å². The van der Waals surface area contributed by atoms with Gasteiger partial charge in [-0.2, -0.15) is 6.07 Å². The van der Waals surface area contributed by atoms with Gasteiger partial charge in [0, 0.05) is 45.5 Å². The summed E-state index contributed by atoms with van der Waals surface area (Å²) in [6.45, 7) is 14.4. The van der Waals surface area contributed by atoms with Gasteiger partial charge in [0.05, 0.1) is 12.3 Å². The quantitative estimate of drug-likeness (QED) is 0.161. The zero-order valence-corrected chi connectivity index (χ0v) is 22.6. The summed E-state index contributed by atoms with van der Waals surface area (Å²) in [5, 5.41) is 0. The first-order chi connectivity index (χ1) is 17.0. The van der Waals surface area contributed by atoms with Gasteiger partial charge >= 0.3 is 21.1 Å². The van der Waals surface area contributed by atoms with Crippen molar-refractivity contribution in [2.75, 3.05) is 0 Å². The number of halogens is 4. The second-order valence-electron chi connectivity index (χ2n) is 9.39. The molecule has 0 radical (unpaired) electrons. The van der Waals surface area contributed by atoms with E-state index in [1.807, 2.05) is 13.8 Å².